The highest BCUT2D eigenvalue weighted by molar-refractivity contribution is 6.31. The maximum absolute atomic E-state index is 13.4. The van der Waals surface area contributed by atoms with E-state index in [-0.39, 0.29) is 11.4 Å². The van der Waals surface area contributed by atoms with E-state index in [4.69, 9.17) is 11.6 Å². The van der Waals surface area contributed by atoms with Crippen LogP contribution in [0.2, 0.25) is 5.02 Å². The van der Waals surface area contributed by atoms with Crippen molar-refractivity contribution in [3.05, 3.63) is 57.6 Å². The molecule has 106 valence electrons. The van der Waals surface area contributed by atoms with Gasteiger partial charge in [0, 0.05) is 12.0 Å². The number of nitrogens with zero attached hydrogens (tertiary/aromatic N) is 2. The molecule has 1 atom stereocenters. The van der Waals surface area contributed by atoms with Crippen molar-refractivity contribution in [3.63, 3.8) is 0 Å². The molecule has 20 heavy (non-hydrogen) atoms. The fourth-order valence-electron chi connectivity index (χ4n) is 2.12. The van der Waals surface area contributed by atoms with Gasteiger partial charge in [0.15, 0.2) is 0 Å². The molecule has 0 aliphatic heterocycles. The van der Waals surface area contributed by atoms with Crippen LogP contribution in [0.3, 0.4) is 0 Å². The molecule has 1 unspecified atom stereocenters. The summed E-state index contributed by atoms with van der Waals surface area (Å²) in [7, 11) is 0. The number of rotatable bonds is 4. The van der Waals surface area contributed by atoms with E-state index < -0.39 is 11.9 Å². The lowest BCUT2D eigenvalue weighted by molar-refractivity contribution is 0.176. The Morgan fingerprint density at radius 3 is 2.80 bits per heavy atom. The molecule has 2 aromatic rings. The van der Waals surface area contributed by atoms with Crippen molar-refractivity contribution in [2.45, 2.75) is 32.8 Å². The predicted molar refractivity (Wildman–Crippen MR) is 76.2 cm³/mol. The molecule has 0 fully saturated rings. The minimum Gasteiger partial charge on any atom is -0.388 e. The second-order valence-corrected chi connectivity index (χ2v) is 5.05. The van der Waals surface area contributed by atoms with Crippen molar-refractivity contribution in [1.82, 2.24) is 10.2 Å². The molecule has 2 rings (SSSR count). The van der Waals surface area contributed by atoms with Gasteiger partial charge in [-0.2, -0.15) is 10.2 Å². The molecule has 0 bridgehead atoms. The van der Waals surface area contributed by atoms with Crippen LogP contribution >= 0.6 is 11.6 Å². The van der Waals surface area contributed by atoms with Gasteiger partial charge >= 0.3 is 0 Å². The fourth-order valence-corrected chi connectivity index (χ4v) is 2.33. The Balaban J connectivity index is 2.30. The van der Waals surface area contributed by atoms with E-state index in [0.29, 0.717) is 12.0 Å². The Hall–Kier alpha value is -1.52. The summed E-state index contributed by atoms with van der Waals surface area (Å²) in [4.78, 5) is 0. The van der Waals surface area contributed by atoms with Gasteiger partial charge in [-0.15, -0.1) is 0 Å². The van der Waals surface area contributed by atoms with Crippen molar-refractivity contribution < 1.29 is 9.50 Å². The second-order valence-electron chi connectivity index (χ2n) is 4.67. The van der Waals surface area contributed by atoms with Gasteiger partial charge in [0.1, 0.15) is 5.82 Å². The van der Waals surface area contributed by atoms with E-state index in [1.54, 1.807) is 12.1 Å². The summed E-state index contributed by atoms with van der Waals surface area (Å²) < 4.78 is 13.4. The zero-order valence-corrected chi connectivity index (χ0v) is 12.2. The first-order chi connectivity index (χ1) is 9.52. The average molecular weight is 295 g/mol. The Morgan fingerprint density at radius 1 is 1.35 bits per heavy atom. The van der Waals surface area contributed by atoms with Crippen molar-refractivity contribution in [2.24, 2.45) is 0 Å². The topological polar surface area (TPSA) is 46.0 Å². The van der Waals surface area contributed by atoms with Gasteiger partial charge in [0.2, 0.25) is 0 Å². The van der Waals surface area contributed by atoms with Crippen LogP contribution < -0.4 is 0 Å². The molecule has 1 aromatic heterocycles. The van der Waals surface area contributed by atoms with Crippen LogP contribution in [0.15, 0.2) is 24.3 Å². The maximum atomic E-state index is 13.4. The Bertz CT molecular complexity index is 619. The number of aryl methyl sites for hydroxylation is 2. The molecule has 0 aliphatic rings. The number of hydrogen-bond acceptors (Lipinski definition) is 3. The van der Waals surface area contributed by atoms with Crippen LogP contribution in [0.4, 0.5) is 4.39 Å². The van der Waals surface area contributed by atoms with Gasteiger partial charge < -0.3 is 5.11 Å². The Kier molecular flexibility index (Phi) is 4.68. The van der Waals surface area contributed by atoms with Gasteiger partial charge in [0.25, 0.3) is 0 Å². The Morgan fingerprint density at radius 2 is 2.10 bits per heavy atom. The van der Waals surface area contributed by atoms with Crippen molar-refractivity contribution in [1.29, 1.82) is 0 Å². The quantitative estimate of drug-likeness (QED) is 0.940. The van der Waals surface area contributed by atoms with Gasteiger partial charge in [-0.1, -0.05) is 30.7 Å². The zero-order valence-electron chi connectivity index (χ0n) is 11.4. The molecular weight excluding hydrogens is 279 g/mol. The zero-order chi connectivity index (χ0) is 14.7. The van der Waals surface area contributed by atoms with Gasteiger partial charge in [-0.05, 0) is 31.0 Å². The summed E-state index contributed by atoms with van der Waals surface area (Å²) in [5.41, 5.74) is 2.79. The van der Waals surface area contributed by atoms with Gasteiger partial charge in [-0.3, -0.25) is 0 Å². The molecular formula is C15H16ClFN2O. The molecule has 3 nitrogen and oxygen atoms in total. The normalized spacial score (nSPS) is 12.4. The molecule has 1 heterocycles. The molecule has 5 heteroatoms. The van der Waals surface area contributed by atoms with Gasteiger partial charge in [-0.25, -0.2) is 4.39 Å². The molecule has 0 saturated carbocycles. The first-order valence-electron chi connectivity index (χ1n) is 6.47. The third-order valence-electron chi connectivity index (χ3n) is 3.16. The van der Waals surface area contributed by atoms with Crippen LogP contribution in [-0.2, 0) is 12.8 Å². The van der Waals surface area contributed by atoms with Crippen LogP contribution in [0.25, 0.3) is 0 Å². The number of aliphatic hydroxyl groups excluding tert-OH is 1. The summed E-state index contributed by atoms with van der Waals surface area (Å²) in [5.74, 6) is -0.476. The first kappa shape index (κ1) is 14.9. The standard InChI is InChI=1S/C15H16ClFN2O/c1-3-13-11(7-9(2)18-19-13)14(20)8-10-5-4-6-12(17)15(10)16/h4-7,14,20H,3,8H2,1-2H3. The van der Waals surface area contributed by atoms with E-state index >= 15 is 0 Å². The lowest BCUT2D eigenvalue weighted by Gasteiger charge is -2.15. The monoisotopic (exact) mass is 294 g/mol. The molecule has 0 saturated heterocycles. The van der Waals surface area contributed by atoms with Crippen LogP contribution in [0.5, 0.6) is 0 Å². The van der Waals surface area contributed by atoms with Gasteiger partial charge in [0.05, 0.1) is 22.5 Å². The van der Waals surface area contributed by atoms with E-state index in [0.717, 1.165) is 17.0 Å². The minimum atomic E-state index is -0.779. The minimum absolute atomic E-state index is 0.0586. The van der Waals surface area contributed by atoms with Crippen LogP contribution in [0.1, 0.15) is 35.5 Å². The number of aromatic nitrogens is 2. The van der Waals surface area contributed by atoms with Crippen molar-refractivity contribution in [2.75, 3.05) is 0 Å². The lowest BCUT2D eigenvalue weighted by atomic mass is 9.99. The molecule has 1 N–H and O–H groups in total. The number of aliphatic hydroxyl groups is 1. The number of halogens is 2. The maximum Gasteiger partial charge on any atom is 0.142 e. The predicted octanol–water partition coefficient (Wildman–Crippen LogP) is 3.42. The molecule has 1 aromatic carbocycles. The third-order valence-corrected chi connectivity index (χ3v) is 3.59. The van der Waals surface area contributed by atoms with E-state index in [9.17, 15) is 9.50 Å². The first-order valence-corrected chi connectivity index (χ1v) is 6.84. The summed E-state index contributed by atoms with van der Waals surface area (Å²) in [6.45, 7) is 3.77. The Labute approximate surface area is 122 Å². The van der Waals surface area contributed by atoms with Crippen molar-refractivity contribution >= 4 is 11.6 Å². The smallest absolute Gasteiger partial charge is 0.142 e. The highest BCUT2D eigenvalue weighted by atomic mass is 35.5. The summed E-state index contributed by atoms with van der Waals surface area (Å²) in [6.07, 6.45) is 0.143. The lowest BCUT2D eigenvalue weighted by Crippen LogP contribution is -2.09. The second kappa shape index (κ2) is 6.29. The van der Waals surface area contributed by atoms with E-state index in [2.05, 4.69) is 10.2 Å². The molecule has 0 spiro atoms. The molecule has 0 radical (unpaired) electrons. The fraction of sp³-hybridized carbons (Fsp3) is 0.333. The highest BCUT2D eigenvalue weighted by Crippen LogP contribution is 2.27. The highest BCUT2D eigenvalue weighted by Gasteiger charge is 2.17. The third kappa shape index (κ3) is 3.14. The number of hydrogen-bond donors (Lipinski definition) is 1. The number of benzene rings is 1. The van der Waals surface area contributed by atoms with E-state index in [1.807, 2.05) is 19.9 Å². The SMILES string of the molecule is CCc1nnc(C)cc1C(O)Cc1cccc(F)c1Cl. The van der Waals surface area contributed by atoms with E-state index in [1.165, 1.54) is 6.07 Å². The largest absolute Gasteiger partial charge is 0.388 e. The average Bonchev–Trinajstić information content (AvgIpc) is 2.43. The summed E-state index contributed by atoms with van der Waals surface area (Å²) in [5, 5.41) is 18.5. The summed E-state index contributed by atoms with van der Waals surface area (Å²) >= 11 is 5.92. The molecule has 0 aliphatic carbocycles. The summed E-state index contributed by atoms with van der Waals surface area (Å²) in [6, 6.07) is 6.40. The molecule has 0 amide bonds. The van der Waals surface area contributed by atoms with Crippen LogP contribution in [0, 0.1) is 12.7 Å². The van der Waals surface area contributed by atoms with Crippen molar-refractivity contribution in [3.8, 4) is 0 Å². The van der Waals surface area contributed by atoms with Crippen LogP contribution in [-0.4, -0.2) is 15.3 Å².